The van der Waals surface area contributed by atoms with Gasteiger partial charge >= 0.3 is 0 Å². The number of nitrogen functional groups attached to an aromatic ring is 1. The molecule has 0 fully saturated rings. The molecule has 0 aliphatic rings. The zero-order valence-electron chi connectivity index (χ0n) is 5.88. The van der Waals surface area contributed by atoms with E-state index in [2.05, 4.69) is 15.4 Å². The van der Waals surface area contributed by atoms with Crippen molar-refractivity contribution < 1.29 is 27.5 Å². The van der Waals surface area contributed by atoms with Gasteiger partial charge in [0.2, 0.25) is 0 Å². The Morgan fingerprint density at radius 3 is 2.92 bits per heavy atom. The minimum absolute atomic E-state index is 0. The summed E-state index contributed by atoms with van der Waals surface area (Å²) >= 11 is 0. The zero-order chi connectivity index (χ0) is 7.84. The molecule has 2 rings (SSSR count). The summed E-state index contributed by atoms with van der Waals surface area (Å²) < 4.78 is 0. The number of aromatic amines is 1. The zero-order valence-corrected chi connectivity index (χ0v) is 7.36. The second-order valence-electron chi connectivity index (χ2n) is 2.21. The number of nitrogens with zero attached hydrogens (tertiary/aromatic N) is 2. The van der Waals surface area contributed by atoms with Gasteiger partial charge in [0.05, 0.1) is 11.2 Å². The monoisotopic (exact) mass is 257 g/mol. The Morgan fingerprint density at radius 2 is 2.17 bits per heavy atom. The molecule has 1 heterocycles. The summed E-state index contributed by atoms with van der Waals surface area (Å²) in [7, 11) is 0. The van der Waals surface area contributed by atoms with E-state index in [1.807, 2.05) is 0 Å². The third-order valence-electron chi connectivity index (χ3n) is 1.50. The van der Waals surface area contributed by atoms with Gasteiger partial charge in [-0.3, -0.25) is 5.10 Å². The third-order valence-corrected chi connectivity index (χ3v) is 1.50. The quantitative estimate of drug-likeness (QED) is 0.359. The summed E-state index contributed by atoms with van der Waals surface area (Å²) in [5, 5.41) is 19.1. The van der Waals surface area contributed by atoms with E-state index >= 15 is 0 Å². The van der Waals surface area contributed by atoms with Crippen LogP contribution in [0.1, 0.15) is 0 Å². The van der Waals surface area contributed by atoms with Crippen LogP contribution in [0, 0.1) is 0 Å². The second-order valence-corrected chi connectivity index (χ2v) is 2.21. The van der Waals surface area contributed by atoms with Crippen molar-refractivity contribution in [3.05, 3.63) is 12.1 Å². The maximum absolute atomic E-state index is 9.30. The number of phenolic OH excluding ortho intramolecular Hbond substituents is 1. The Bertz CT molecular complexity index is 399. The molecule has 1 radical (unpaired) electrons. The van der Waals surface area contributed by atoms with Crippen molar-refractivity contribution in [3.63, 3.8) is 0 Å². The fourth-order valence-electron chi connectivity index (χ4n) is 0.916. The number of aromatic hydroxyl groups is 1. The van der Waals surface area contributed by atoms with Crippen LogP contribution in [0.2, 0.25) is 0 Å². The predicted octanol–water partition coefficient (Wildman–Crippen LogP) is 0.243. The number of fused-ring (bicyclic) bond motifs is 1. The third kappa shape index (κ3) is 1.18. The molecular formula is C6H6AgN4O. The molecule has 4 N–H and O–H groups in total. The fourth-order valence-corrected chi connectivity index (χ4v) is 0.916. The molecule has 1 aromatic carbocycles. The van der Waals surface area contributed by atoms with Gasteiger partial charge in [-0.1, -0.05) is 5.21 Å². The van der Waals surface area contributed by atoms with Crippen LogP contribution in [0.4, 0.5) is 5.69 Å². The van der Waals surface area contributed by atoms with Gasteiger partial charge < -0.3 is 10.8 Å². The molecule has 0 saturated carbocycles. The van der Waals surface area contributed by atoms with Gasteiger partial charge in [0, 0.05) is 22.4 Å². The van der Waals surface area contributed by atoms with Crippen LogP contribution >= 0.6 is 0 Å². The van der Waals surface area contributed by atoms with Gasteiger partial charge in [-0.05, 0) is 12.1 Å². The van der Waals surface area contributed by atoms with Crippen molar-refractivity contribution >= 4 is 16.7 Å². The molecule has 1 aromatic heterocycles. The average molecular weight is 258 g/mol. The van der Waals surface area contributed by atoms with Crippen LogP contribution in [-0.4, -0.2) is 20.5 Å². The molecule has 12 heavy (non-hydrogen) atoms. The van der Waals surface area contributed by atoms with Crippen LogP contribution in [0.25, 0.3) is 11.0 Å². The smallest absolute Gasteiger partial charge is 0.168 e. The van der Waals surface area contributed by atoms with E-state index in [1.54, 1.807) is 12.1 Å². The largest absolute Gasteiger partial charge is 0.504 e. The maximum Gasteiger partial charge on any atom is 0.168 e. The molecule has 6 heteroatoms. The number of phenols is 1. The van der Waals surface area contributed by atoms with E-state index in [9.17, 15) is 5.11 Å². The number of anilines is 1. The molecule has 0 aliphatic heterocycles. The first kappa shape index (κ1) is 9.05. The van der Waals surface area contributed by atoms with Crippen molar-refractivity contribution in [2.24, 2.45) is 0 Å². The molecule has 0 unspecified atom stereocenters. The first-order valence-corrected chi connectivity index (χ1v) is 3.07. The minimum atomic E-state index is -0.0174. The van der Waals surface area contributed by atoms with E-state index < -0.39 is 0 Å². The van der Waals surface area contributed by atoms with E-state index in [1.165, 1.54) is 0 Å². The van der Waals surface area contributed by atoms with E-state index in [4.69, 9.17) is 5.73 Å². The molecule has 2 aromatic rings. The number of rotatable bonds is 0. The van der Waals surface area contributed by atoms with Gasteiger partial charge in [0.15, 0.2) is 11.3 Å². The van der Waals surface area contributed by atoms with Crippen LogP contribution in [0.15, 0.2) is 12.1 Å². The topological polar surface area (TPSA) is 87.8 Å². The summed E-state index contributed by atoms with van der Waals surface area (Å²) in [5.41, 5.74) is 6.81. The number of nitrogens with two attached hydrogens (primary N) is 1. The van der Waals surface area contributed by atoms with Gasteiger partial charge in [-0.15, -0.1) is 5.10 Å². The molecule has 0 spiro atoms. The maximum atomic E-state index is 9.30. The fraction of sp³-hybridized carbons (Fsp3) is 0. The summed E-state index contributed by atoms with van der Waals surface area (Å²) in [6.07, 6.45) is 0. The summed E-state index contributed by atoms with van der Waals surface area (Å²) in [5.74, 6) is -0.0174. The summed E-state index contributed by atoms with van der Waals surface area (Å²) in [6.45, 7) is 0. The predicted molar refractivity (Wildman–Crippen MR) is 40.0 cm³/mol. The summed E-state index contributed by atoms with van der Waals surface area (Å²) in [4.78, 5) is 0. The van der Waals surface area contributed by atoms with Crippen molar-refractivity contribution in [2.75, 3.05) is 5.73 Å². The molecule has 0 atom stereocenters. The Kier molecular flexibility index (Phi) is 2.37. The van der Waals surface area contributed by atoms with E-state index in [-0.39, 0.29) is 28.1 Å². The number of hydrogen-bond acceptors (Lipinski definition) is 4. The van der Waals surface area contributed by atoms with E-state index in [0.717, 1.165) is 0 Å². The number of H-pyrrole nitrogens is 1. The second kappa shape index (κ2) is 3.14. The number of nitrogens with one attached hydrogen (secondary N) is 1. The summed E-state index contributed by atoms with van der Waals surface area (Å²) in [6, 6.07) is 3.31. The van der Waals surface area contributed by atoms with Crippen molar-refractivity contribution in [2.45, 2.75) is 0 Å². The van der Waals surface area contributed by atoms with Crippen molar-refractivity contribution in [1.29, 1.82) is 0 Å². The van der Waals surface area contributed by atoms with E-state index in [0.29, 0.717) is 16.7 Å². The molecule has 0 amide bonds. The number of benzene rings is 1. The van der Waals surface area contributed by atoms with Crippen LogP contribution in [0.3, 0.4) is 0 Å². The van der Waals surface area contributed by atoms with Crippen LogP contribution < -0.4 is 5.73 Å². The Morgan fingerprint density at radius 1 is 1.42 bits per heavy atom. The van der Waals surface area contributed by atoms with Gasteiger partial charge in [0.1, 0.15) is 0 Å². The Hall–Kier alpha value is -1.04. The van der Waals surface area contributed by atoms with Gasteiger partial charge in [0.25, 0.3) is 0 Å². The first-order valence-electron chi connectivity index (χ1n) is 3.07. The average Bonchev–Trinajstić information content (AvgIpc) is 2.45. The molecule has 0 bridgehead atoms. The first-order chi connectivity index (χ1) is 5.29. The Balaban J connectivity index is 0.000000720. The SMILES string of the molecule is Nc1ccc2[nH]nnc2c1O.[Ag]. The normalized spacial score (nSPS) is 9.67. The van der Waals surface area contributed by atoms with Crippen LogP contribution in [-0.2, 0) is 22.4 Å². The standard InChI is InChI=1S/C6H6N4O.Ag/c7-3-1-2-4-5(6(3)11)9-10-8-4;/h1-2,11H,7H2,(H,8,9,10);. The van der Waals surface area contributed by atoms with Crippen LogP contribution in [0.5, 0.6) is 5.75 Å². The minimum Gasteiger partial charge on any atom is -0.504 e. The van der Waals surface area contributed by atoms with Crippen molar-refractivity contribution in [1.82, 2.24) is 15.4 Å². The van der Waals surface area contributed by atoms with Crippen molar-refractivity contribution in [3.8, 4) is 5.75 Å². The molecule has 0 aliphatic carbocycles. The van der Waals surface area contributed by atoms with Gasteiger partial charge in [-0.2, -0.15) is 0 Å². The molecular weight excluding hydrogens is 252 g/mol. The molecule has 5 nitrogen and oxygen atoms in total. The number of hydrogen-bond donors (Lipinski definition) is 3. The van der Waals surface area contributed by atoms with Gasteiger partial charge in [-0.25, -0.2) is 0 Å². The molecule has 0 saturated heterocycles. The molecule has 67 valence electrons. The number of aromatic nitrogens is 3. The Labute approximate surface area is 83.5 Å².